The van der Waals surface area contributed by atoms with Gasteiger partial charge in [0.25, 0.3) is 0 Å². The van der Waals surface area contributed by atoms with Crippen molar-refractivity contribution in [2.45, 2.75) is 102 Å². The molecule has 1 heterocycles. The fourth-order valence-corrected chi connectivity index (χ4v) is 3.25. The van der Waals surface area contributed by atoms with Crippen LogP contribution in [0, 0.1) is 0 Å². The molecule has 0 aliphatic carbocycles. The van der Waals surface area contributed by atoms with E-state index in [-0.39, 0.29) is 13.2 Å². The average molecular weight is 373 g/mol. The van der Waals surface area contributed by atoms with E-state index >= 15 is 0 Å². The Morgan fingerprint density at radius 3 is 2.15 bits per heavy atom. The third-order valence-electron chi connectivity index (χ3n) is 4.96. The Bertz CT molecular complexity index is 347. The summed E-state index contributed by atoms with van der Waals surface area (Å²) < 4.78 is 10.5. The zero-order valence-corrected chi connectivity index (χ0v) is 16.5. The number of hydrogen-bond donors (Lipinski definition) is 3. The Labute approximate surface area is 159 Å². The Balaban J connectivity index is 1.85. The number of aliphatic hydroxyl groups excluding tert-OH is 3. The second-order valence-corrected chi connectivity index (χ2v) is 7.40. The van der Waals surface area contributed by atoms with E-state index in [2.05, 4.69) is 13.0 Å². The fraction of sp³-hybridized carbons (Fsp3) is 0.905. The van der Waals surface area contributed by atoms with Gasteiger partial charge in [0.05, 0.1) is 19.8 Å². The number of hydrogen-bond acceptors (Lipinski definition) is 5. The van der Waals surface area contributed by atoms with E-state index in [1.807, 2.05) is 6.08 Å². The van der Waals surface area contributed by atoms with Gasteiger partial charge in [-0.15, -0.1) is 0 Å². The summed E-state index contributed by atoms with van der Waals surface area (Å²) in [5, 5.41) is 28.9. The van der Waals surface area contributed by atoms with E-state index < -0.39 is 24.4 Å². The first-order chi connectivity index (χ1) is 12.7. The van der Waals surface area contributed by atoms with E-state index in [1.165, 1.54) is 64.2 Å². The van der Waals surface area contributed by atoms with E-state index in [0.29, 0.717) is 6.61 Å². The maximum atomic E-state index is 9.90. The number of aliphatic hydroxyl groups is 3. The van der Waals surface area contributed by atoms with Crippen molar-refractivity contribution in [3.8, 4) is 0 Å². The van der Waals surface area contributed by atoms with Gasteiger partial charge in [-0.25, -0.2) is 0 Å². The standard InChI is InChI=1S/C21H40O5/c1-2-3-4-5-6-7-8-9-10-11-12-13-14-15-25-16-19(23)21-20(24)18(22)17-26-21/h13-14,18-24H,2-12,15-17H2,1H3/b14-13+/t18-,19+,20+,21+/m0/s1. The van der Waals surface area contributed by atoms with Crippen LogP contribution in [-0.4, -0.2) is 59.6 Å². The second-order valence-electron chi connectivity index (χ2n) is 7.40. The molecule has 4 atom stereocenters. The molecule has 0 amide bonds. The number of ether oxygens (including phenoxy) is 2. The summed E-state index contributed by atoms with van der Waals surface area (Å²) in [6, 6.07) is 0. The molecule has 0 aromatic heterocycles. The van der Waals surface area contributed by atoms with Crippen molar-refractivity contribution in [3.05, 3.63) is 12.2 Å². The van der Waals surface area contributed by atoms with Crippen LogP contribution in [0.5, 0.6) is 0 Å². The Hall–Kier alpha value is -0.460. The summed E-state index contributed by atoms with van der Waals surface area (Å²) in [6.45, 7) is 2.85. The molecular weight excluding hydrogens is 332 g/mol. The van der Waals surface area contributed by atoms with Crippen molar-refractivity contribution in [1.82, 2.24) is 0 Å². The van der Waals surface area contributed by atoms with Crippen LogP contribution < -0.4 is 0 Å². The highest BCUT2D eigenvalue weighted by Gasteiger charge is 2.39. The molecule has 1 fully saturated rings. The zero-order valence-electron chi connectivity index (χ0n) is 16.5. The van der Waals surface area contributed by atoms with Crippen molar-refractivity contribution < 1.29 is 24.8 Å². The fourth-order valence-electron chi connectivity index (χ4n) is 3.25. The van der Waals surface area contributed by atoms with Gasteiger partial charge in [-0.1, -0.05) is 76.9 Å². The maximum Gasteiger partial charge on any atom is 0.114 e. The largest absolute Gasteiger partial charge is 0.388 e. The summed E-state index contributed by atoms with van der Waals surface area (Å²) in [6.07, 6.45) is 15.0. The predicted octanol–water partition coefficient (Wildman–Crippen LogP) is 3.35. The molecule has 0 bridgehead atoms. The number of unbranched alkanes of at least 4 members (excludes halogenated alkanes) is 10. The third-order valence-corrected chi connectivity index (χ3v) is 4.96. The van der Waals surface area contributed by atoms with Gasteiger partial charge in [0.15, 0.2) is 0 Å². The molecule has 5 nitrogen and oxygen atoms in total. The molecule has 0 radical (unpaired) electrons. The molecule has 0 unspecified atom stereocenters. The molecule has 26 heavy (non-hydrogen) atoms. The molecular formula is C21H40O5. The second kappa shape index (κ2) is 15.6. The smallest absolute Gasteiger partial charge is 0.114 e. The van der Waals surface area contributed by atoms with Crippen molar-refractivity contribution in [3.63, 3.8) is 0 Å². The Kier molecular flexibility index (Phi) is 14.1. The van der Waals surface area contributed by atoms with Gasteiger partial charge in [-0.2, -0.15) is 0 Å². The van der Waals surface area contributed by atoms with Crippen LogP contribution in [0.15, 0.2) is 12.2 Å². The first kappa shape index (κ1) is 23.6. The lowest BCUT2D eigenvalue weighted by atomic mass is 10.1. The van der Waals surface area contributed by atoms with Crippen LogP contribution in [0.3, 0.4) is 0 Å². The average Bonchev–Trinajstić information content (AvgIpc) is 2.97. The number of rotatable bonds is 16. The maximum absolute atomic E-state index is 9.90. The topological polar surface area (TPSA) is 79.2 Å². The summed E-state index contributed by atoms with van der Waals surface area (Å²) in [4.78, 5) is 0. The van der Waals surface area contributed by atoms with Gasteiger partial charge in [0, 0.05) is 0 Å². The molecule has 0 spiro atoms. The van der Waals surface area contributed by atoms with E-state index in [4.69, 9.17) is 9.47 Å². The number of allylic oxidation sites excluding steroid dienone is 1. The van der Waals surface area contributed by atoms with E-state index in [0.717, 1.165) is 6.42 Å². The molecule has 1 saturated heterocycles. The zero-order chi connectivity index (χ0) is 19.0. The minimum atomic E-state index is -1.04. The first-order valence-electron chi connectivity index (χ1n) is 10.5. The molecule has 1 aliphatic heterocycles. The first-order valence-corrected chi connectivity index (χ1v) is 10.5. The molecule has 0 aromatic carbocycles. The monoisotopic (exact) mass is 372 g/mol. The third kappa shape index (κ3) is 10.6. The van der Waals surface area contributed by atoms with Crippen LogP contribution in [-0.2, 0) is 9.47 Å². The summed E-state index contributed by atoms with van der Waals surface area (Å²) in [7, 11) is 0. The van der Waals surface area contributed by atoms with Crippen LogP contribution in [0.2, 0.25) is 0 Å². The lowest BCUT2D eigenvalue weighted by Gasteiger charge is -2.20. The molecule has 1 rings (SSSR count). The lowest BCUT2D eigenvalue weighted by Crippen LogP contribution is -2.40. The van der Waals surface area contributed by atoms with Gasteiger partial charge in [0.2, 0.25) is 0 Å². The van der Waals surface area contributed by atoms with Crippen LogP contribution in [0.25, 0.3) is 0 Å². The quantitative estimate of drug-likeness (QED) is 0.286. The minimum absolute atomic E-state index is 0.0572. The van der Waals surface area contributed by atoms with Crippen molar-refractivity contribution in [2.24, 2.45) is 0 Å². The molecule has 3 N–H and O–H groups in total. The summed E-state index contributed by atoms with van der Waals surface area (Å²) >= 11 is 0. The summed E-state index contributed by atoms with van der Waals surface area (Å²) in [5.74, 6) is 0. The molecule has 0 aromatic rings. The van der Waals surface area contributed by atoms with Crippen molar-refractivity contribution >= 4 is 0 Å². The Morgan fingerprint density at radius 2 is 1.58 bits per heavy atom. The van der Waals surface area contributed by atoms with E-state index in [9.17, 15) is 15.3 Å². The highest BCUT2D eigenvalue weighted by molar-refractivity contribution is 4.88. The SMILES string of the molecule is CCCCCCCCCCCC/C=C/COC[C@@H](O)[C@H]1OC[C@H](O)[C@H]1O. The summed E-state index contributed by atoms with van der Waals surface area (Å²) in [5.41, 5.74) is 0. The normalized spacial score (nSPS) is 24.5. The van der Waals surface area contributed by atoms with Gasteiger partial charge < -0.3 is 24.8 Å². The highest BCUT2D eigenvalue weighted by atomic mass is 16.5. The van der Waals surface area contributed by atoms with Gasteiger partial charge in [-0.05, 0) is 12.8 Å². The van der Waals surface area contributed by atoms with Crippen molar-refractivity contribution in [2.75, 3.05) is 19.8 Å². The predicted molar refractivity (Wildman–Crippen MR) is 104 cm³/mol. The lowest BCUT2D eigenvalue weighted by molar-refractivity contribution is -0.0782. The minimum Gasteiger partial charge on any atom is -0.388 e. The van der Waals surface area contributed by atoms with Crippen LogP contribution in [0.1, 0.15) is 77.6 Å². The van der Waals surface area contributed by atoms with Gasteiger partial charge in [0.1, 0.15) is 24.4 Å². The van der Waals surface area contributed by atoms with E-state index in [1.54, 1.807) is 0 Å². The molecule has 154 valence electrons. The highest BCUT2D eigenvalue weighted by Crippen LogP contribution is 2.17. The van der Waals surface area contributed by atoms with Gasteiger partial charge in [-0.3, -0.25) is 0 Å². The molecule has 5 heteroatoms. The Morgan fingerprint density at radius 1 is 0.962 bits per heavy atom. The van der Waals surface area contributed by atoms with Crippen molar-refractivity contribution in [1.29, 1.82) is 0 Å². The van der Waals surface area contributed by atoms with Gasteiger partial charge >= 0.3 is 0 Å². The van der Waals surface area contributed by atoms with Crippen LogP contribution >= 0.6 is 0 Å². The van der Waals surface area contributed by atoms with Crippen LogP contribution in [0.4, 0.5) is 0 Å². The molecule has 0 saturated carbocycles. The molecule has 1 aliphatic rings.